The number of imide groups is 1. The maximum absolute atomic E-state index is 12.3. The molecule has 0 bridgehead atoms. The van der Waals surface area contributed by atoms with Gasteiger partial charge in [-0.25, -0.2) is 0 Å². The average molecular weight is 315 g/mol. The second-order valence-corrected chi connectivity index (χ2v) is 5.81. The molecule has 1 fully saturated rings. The van der Waals surface area contributed by atoms with Gasteiger partial charge in [0.25, 0.3) is 11.8 Å². The molecule has 23 heavy (non-hydrogen) atoms. The van der Waals surface area contributed by atoms with Crippen LogP contribution < -0.4 is 10.6 Å². The number of hydrogen-bond acceptors (Lipinski definition) is 4. The zero-order chi connectivity index (χ0) is 16.6. The number of nitrogens with one attached hydrogen (secondary N) is 2. The van der Waals surface area contributed by atoms with Crippen molar-refractivity contribution in [1.82, 2.24) is 10.2 Å². The van der Waals surface area contributed by atoms with E-state index in [2.05, 4.69) is 10.6 Å². The van der Waals surface area contributed by atoms with Gasteiger partial charge in [-0.3, -0.25) is 24.5 Å². The summed E-state index contributed by atoms with van der Waals surface area (Å²) in [5, 5.41) is 5.00. The molecule has 1 saturated heterocycles. The van der Waals surface area contributed by atoms with E-state index in [4.69, 9.17) is 0 Å². The fourth-order valence-electron chi connectivity index (χ4n) is 2.95. The molecule has 0 atom stereocenters. The number of carbonyl (C=O) groups excluding carboxylic acids is 4. The number of carbonyl (C=O) groups is 4. The molecule has 2 heterocycles. The number of amides is 4. The highest BCUT2D eigenvalue weighted by Crippen LogP contribution is 2.23. The van der Waals surface area contributed by atoms with Gasteiger partial charge in [0, 0.05) is 31.6 Å². The summed E-state index contributed by atoms with van der Waals surface area (Å²) in [5.41, 5.74) is 1.09. The summed E-state index contributed by atoms with van der Waals surface area (Å²) in [4.78, 5) is 48.5. The molecule has 7 heteroatoms. The summed E-state index contributed by atoms with van der Waals surface area (Å²) >= 11 is 0. The van der Waals surface area contributed by atoms with E-state index in [1.165, 1.54) is 19.1 Å². The second-order valence-electron chi connectivity index (χ2n) is 5.81. The zero-order valence-corrected chi connectivity index (χ0v) is 12.7. The highest BCUT2D eigenvalue weighted by Gasteiger charge is 2.28. The van der Waals surface area contributed by atoms with Crippen LogP contribution in [0.4, 0.5) is 5.69 Å². The smallest absolute Gasteiger partial charge is 0.259 e. The molecule has 0 aliphatic carbocycles. The molecule has 2 aliphatic rings. The van der Waals surface area contributed by atoms with E-state index in [9.17, 15) is 19.2 Å². The van der Waals surface area contributed by atoms with Crippen molar-refractivity contribution in [2.75, 3.05) is 18.4 Å². The quantitative estimate of drug-likeness (QED) is 0.788. The van der Waals surface area contributed by atoms with Crippen LogP contribution in [0.1, 0.15) is 40.5 Å². The van der Waals surface area contributed by atoms with Crippen molar-refractivity contribution in [2.45, 2.75) is 19.8 Å². The van der Waals surface area contributed by atoms with Crippen LogP contribution in [0.3, 0.4) is 0 Å². The van der Waals surface area contributed by atoms with Crippen molar-refractivity contribution in [3.8, 4) is 0 Å². The fraction of sp³-hybridized carbons (Fsp3) is 0.375. The molecular weight excluding hydrogens is 298 g/mol. The van der Waals surface area contributed by atoms with Crippen molar-refractivity contribution in [3.05, 3.63) is 29.3 Å². The Hall–Kier alpha value is -2.70. The second kappa shape index (κ2) is 5.83. The molecule has 0 unspecified atom stereocenters. The van der Waals surface area contributed by atoms with E-state index >= 15 is 0 Å². The van der Waals surface area contributed by atoms with E-state index in [0.717, 1.165) is 0 Å². The molecule has 0 spiro atoms. The fourth-order valence-corrected chi connectivity index (χ4v) is 2.95. The van der Waals surface area contributed by atoms with Gasteiger partial charge in [0.1, 0.15) is 0 Å². The largest absolute Gasteiger partial charge is 0.343 e. The SMILES string of the molecule is CC(=O)N1CCC(C(=O)Nc2ccc3c(c2)C(=O)NC3=O)CC1. The molecule has 0 aromatic heterocycles. The number of fused-ring (bicyclic) bond motifs is 1. The van der Waals surface area contributed by atoms with Crippen molar-refractivity contribution in [3.63, 3.8) is 0 Å². The van der Waals surface area contributed by atoms with Crippen LogP contribution in [0, 0.1) is 5.92 Å². The number of anilines is 1. The normalized spacial score (nSPS) is 17.7. The number of piperidine rings is 1. The zero-order valence-electron chi connectivity index (χ0n) is 12.7. The lowest BCUT2D eigenvalue weighted by molar-refractivity contribution is -0.132. The van der Waals surface area contributed by atoms with Crippen molar-refractivity contribution in [1.29, 1.82) is 0 Å². The molecule has 2 aliphatic heterocycles. The lowest BCUT2D eigenvalue weighted by Gasteiger charge is -2.30. The highest BCUT2D eigenvalue weighted by atomic mass is 16.2. The van der Waals surface area contributed by atoms with E-state index in [1.807, 2.05) is 0 Å². The van der Waals surface area contributed by atoms with E-state index in [1.54, 1.807) is 11.0 Å². The number of hydrogen-bond donors (Lipinski definition) is 2. The Morgan fingerprint density at radius 3 is 2.43 bits per heavy atom. The Bertz CT molecular complexity index is 705. The minimum Gasteiger partial charge on any atom is -0.343 e. The van der Waals surface area contributed by atoms with Crippen LogP contribution in [0.15, 0.2) is 18.2 Å². The molecule has 120 valence electrons. The minimum absolute atomic E-state index is 0.0261. The van der Waals surface area contributed by atoms with Gasteiger partial charge in [-0.15, -0.1) is 0 Å². The predicted molar refractivity (Wildman–Crippen MR) is 81.8 cm³/mol. The molecule has 1 aromatic rings. The van der Waals surface area contributed by atoms with E-state index in [-0.39, 0.29) is 23.3 Å². The molecule has 0 saturated carbocycles. The highest BCUT2D eigenvalue weighted by molar-refractivity contribution is 6.22. The molecular formula is C16H17N3O4. The Morgan fingerprint density at radius 2 is 1.78 bits per heavy atom. The molecule has 7 nitrogen and oxygen atoms in total. The molecule has 1 aromatic carbocycles. The van der Waals surface area contributed by atoms with Crippen LogP contribution in [0.5, 0.6) is 0 Å². The van der Waals surface area contributed by atoms with Gasteiger partial charge >= 0.3 is 0 Å². The van der Waals surface area contributed by atoms with Gasteiger partial charge in [-0.05, 0) is 31.0 Å². The van der Waals surface area contributed by atoms with Crippen molar-refractivity contribution < 1.29 is 19.2 Å². The minimum atomic E-state index is -0.448. The molecule has 4 amide bonds. The van der Waals surface area contributed by atoms with Gasteiger partial charge in [-0.2, -0.15) is 0 Å². The number of likely N-dealkylation sites (tertiary alicyclic amines) is 1. The molecule has 2 N–H and O–H groups in total. The van der Waals surface area contributed by atoms with Gasteiger partial charge in [0.05, 0.1) is 11.1 Å². The summed E-state index contributed by atoms with van der Waals surface area (Å²) in [5.74, 6) is -1.12. The predicted octanol–water partition coefficient (Wildman–Crippen LogP) is 0.767. The van der Waals surface area contributed by atoms with Crippen molar-refractivity contribution in [2.24, 2.45) is 5.92 Å². The van der Waals surface area contributed by atoms with Crippen LogP contribution in [-0.2, 0) is 9.59 Å². The van der Waals surface area contributed by atoms with Gasteiger partial charge in [-0.1, -0.05) is 0 Å². The Balaban J connectivity index is 1.65. The number of rotatable bonds is 2. The van der Waals surface area contributed by atoms with Gasteiger partial charge in [0.2, 0.25) is 11.8 Å². The van der Waals surface area contributed by atoms with Gasteiger partial charge in [0.15, 0.2) is 0 Å². The van der Waals surface area contributed by atoms with E-state index < -0.39 is 11.8 Å². The molecule has 3 rings (SSSR count). The lowest BCUT2D eigenvalue weighted by atomic mass is 9.95. The average Bonchev–Trinajstić information content (AvgIpc) is 2.81. The van der Waals surface area contributed by atoms with Gasteiger partial charge < -0.3 is 10.2 Å². The maximum atomic E-state index is 12.3. The summed E-state index contributed by atoms with van der Waals surface area (Å²) in [7, 11) is 0. The maximum Gasteiger partial charge on any atom is 0.259 e. The standard InChI is InChI=1S/C16H17N3O4/c1-9(20)19-6-4-10(5-7-19)14(21)17-11-2-3-12-13(8-11)16(23)18-15(12)22/h2-3,8,10H,4-7H2,1H3,(H,17,21)(H,18,22,23). The topological polar surface area (TPSA) is 95.6 Å². The summed E-state index contributed by atoms with van der Waals surface area (Å²) in [6.45, 7) is 2.68. The van der Waals surface area contributed by atoms with Crippen molar-refractivity contribution >= 4 is 29.3 Å². The van der Waals surface area contributed by atoms with E-state index in [0.29, 0.717) is 37.2 Å². The third-order valence-corrected chi connectivity index (χ3v) is 4.31. The Morgan fingerprint density at radius 1 is 1.13 bits per heavy atom. The first-order valence-electron chi connectivity index (χ1n) is 7.52. The lowest BCUT2D eigenvalue weighted by Crippen LogP contribution is -2.40. The number of nitrogens with zero attached hydrogens (tertiary/aromatic N) is 1. The van der Waals surface area contributed by atoms with Crippen LogP contribution in [-0.4, -0.2) is 41.6 Å². The first-order valence-corrected chi connectivity index (χ1v) is 7.52. The third kappa shape index (κ3) is 2.94. The third-order valence-electron chi connectivity index (χ3n) is 4.31. The van der Waals surface area contributed by atoms with Crippen LogP contribution >= 0.6 is 0 Å². The Labute approximate surface area is 133 Å². The first kappa shape index (κ1) is 15.2. The summed E-state index contributed by atoms with van der Waals surface area (Å²) in [6, 6.07) is 4.65. The first-order chi connectivity index (χ1) is 11.0. The summed E-state index contributed by atoms with van der Waals surface area (Å²) < 4.78 is 0. The Kier molecular flexibility index (Phi) is 3.85. The molecule has 0 radical (unpaired) electrons. The monoisotopic (exact) mass is 315 g/mol. The number of benzene rings is 1. The summed E-state index contributed by atoms with van der Waals surface area (Å²) in [6.07, 6.45) is 1.24. The van der Waals surface area contributed by atoms with Crippen LogP contribution in [0.2, 0.25) is 0 Å². The van der Waals surface area contributed by atoms with Crippen LogP contribution in [0.25, 0.3) is 0 Å².